The maximum Gasteiger partial charge on any atom is 0.255 e. The van der Waals surface area contributed by atoms with Gasteiger partial charge in [0, 0.05) is 49.4 Å². The van der Waals surface area contributed by atoms with Crippen LogP contribution in [0.3, 0.4) is 0 Å². The molecular formula is C58H37N7. The van der Waals surface area contributed by atoms with Crippen LogP contribution >= 0.6 is 0 Å². The Labute approximate surface area is 373 Å². The molecule has 4 aromatic heterocycles. The number of benzene rings is 9. The van der Waals surface area contributed by atoms with E-state index in [1.165, 1.54) is 21.8 Å². The lowest BCUT2D eigenvalue weighted by Crippen LogP contribution is -2.07. The van der Waals surface area contributed by atoms with E-state index in [-0.39, 0.29) is 0 Å². The Balaban J connectivity index is 1.03. The highest BCUT2D eigenvalue weighted by Crippen LogP contribution is 2.41. The first-order chi connectivity index (χ1) is 32.2. The van der Waals surface area contributed by atoms with Crippen LogP contribution < -0.4 is 0 Å². The average Bonchev–Trinajstić information content (AvgIpc) is 4.07. The largest absolute Gasteiger partial charge is 0.309 e. The molecule has 0 aliphatic rings. The van der Waals surface area contributed by atoms with E-state index in [4.69, 9.17) is 20.1 Å². The smallest absolute Gasteiger partial charge is 0.255 e. The second kappa shape index (κ2) is 14.9. The summed E-state index contributed by atoms with van der Waals surface area (Å²) in [5.41, 5.74) is 14.1. The number of aromatic nitrogens is 7. The highest BCUT2D eigenvalue weighted by atomic mass is 15.4. The van der Waals surface area contributed by atoms with Crippen molar-refractivity contribution in [3.8, 4) is 62.4 Å². The predicted octanol–water partition coefficient (Wildman–Crippen LogP) is 14.1. The molecule has 0 radical (unpaired) electrons. The first-order valence-corrected chi connectivity index (χ1v) is 21.8. The molecule has 0 aliphatic heterocycles. The van der Waals surface area contributed by atoms with Crippen molar-refractivity contribution in [2.24, 2.45) is 0 Å². The van der Waals surface area contributed by atoms with Crippen LogP contribution in [0.4, 0.5) is 0 Å². The molecule has 7 nitrogen and oxygen atoms in total. The number of hydrogen-bond acceptors (Lipinski definition) is 4. The number of hydrogen-bond donors (Lipinski definition) is 0. The van der Waals surface area contributed by atoms with E-state index in [0.717, 1.165) is 77.5 Å². The monoisotopic (exact) mass is 831 g/mol. The average molecular weight is 832 g/mol. The van der Waals surface area contributed by atoms with Crippen LogP contribution in [-0.2, 0) is 0 Å². The summed E-state index contributed by atoms with van der Waals surface area (Å²) in [6.45, 7) is 0. The van der Waals surface area contributed by atoms with Gasteiger partial charge in [0.15, 0.2) is 11.6 Å². The molecule has 65 heavy (non-hydrogen) atoms. The van der Waals surface area contributed by atoms with Crippen molar-refractivity contribution < 1.29 is 0 Å². The molecule has 7 heteroatoms. The molecule has 0 aliphatic carbocycles. The van der Waals surface area contributed by atoms with Crippen molar-refractivity contribution in [3.63, 3.8) is 0 Å². The maximum absolute atomic E-state index is 5.05. The number of para-hydroxylation sites is 2. The van der Waals surface area contributed by atoms with E-state index < -0.39 is 0 Å². The SMILES string of the molecule is c1ccc(-c2cccc(-n3c4ccc(-c5ccc6c(c5)c5ccccc5n6-c5ccccc5)cc4c4ccc5c(cnn5-c5nc(-c6ccccc6)nc(-c6ccccc6)n5)c43)c2)cc1. The van der Waals surface area contributed by atoms with Crippen LogP contribution in [-0.4, -0.2) is 33.9 Å². The van der Waals surface area contributed by atoms with Crippen LogP contribution in [0.2, 0.25) is 0 Å². The fraction of sp³-hybridized carbons (Fsp3) is 0. The zero-order chi connectivity index (χ0) is 42.8. The molecule has 0 spiro atoms. The summed E-state index contributed by atoms with van der Waals surface area (Å²) >= 11 is 0. The molecular weight excluding hydrogens is 795 g/mol. The van der Waals surface area contributed by atoms with Gasteiger partial charge >= 0.3 is 0 Å². The van der Waals surface area contributed by atoms with E-state index in [0.29, 0.717) is 17.6 Å². The molecule has 0 unspecified atom stereocenters. The van der Waals surface area contributed by atoms with Gasteiger partial charge in [-0.25, -0.2) is 4.98 Å². The van der Waals surface area contributed by atoms with Gasteiger partial charge in [-0.2, -0.15) is 19.7 Å². The van der Waals surface area contributed by atoms with Crippen LogP contribution in [0, 0.1) is 0 Å². The minimum absolute atomic E-state index is 0.451. The highest BCUT2D eigenvalue weighted by molar-refractivity contribution is 6.19. The zero-order valence-electron chi connectivity index (χ0n) is 35.0. The predicted molar refractivity (Wildman–Crippen MR) is 265 cm³/mol. The minimum atomic E-state index is 0.451. The molecule has 304 valence electrons. The standard InChI is InChI=1S/C58H37N7/c1-5-16-38(17-6-1)41-22-15-25-45(34-41)64-53-32-29-43(42-28-31-52-48(35-42)46-26-13-14-27-51(46)63(52)44-23-11-4-12-24-44)36-49(53)47-30-33-54-50(55(47)64)37-59-65(54)58-61-56(39-18-7-2-8-19-39)60-57(62-58)40-20-9-3-10-21-40/h1-37H. The summed E-state index contributed by atoms with van der Waals surface area (Å²) in [7, 11) is 0. The van der Waals surface area contributed by atoms with Gasteiger partial charge in [0.25, 0.3) is 5.95 Å². The van der Waals surface area contributed by atoms with Crippen molar-refractivity contribution in [2.45, 2.75) is 0 Å². The van der Waals surface area contributed by atoms with Crippen LogP contribution in [0.5, 0.6) is 0 Å². The molecule has 0 saturated carbocycles. The van der Waals surface area contributed by atoms with Crippen LogP contribution in [0.1, 0.15) is 0 Å². The third-order valence-corrected chi connectivity index (χ3v) is 12.6. The normalized spacial score (nSPS) is 11.7. The number of rotatable bonds is 7. The van der Waals surface area contributed by atoms with Gasteiger partial charge in [0.05, 0.1) is 33.8 Å². The van der Waals surface area contributed by atoms with E-state index in [1.807, 2.05) is 71.5 Å². The molecule has 0 N–H and O–H groups in total. The van der Waals surface area contributed by atoms with E-state index >= 15 is 0 Å². The molecule has 0 saturated heterocycles. The third kappa shape index (κ3) is 6.05. The van der Waals surface area contributed by atoms with E-state index in [2.05, 4.69) is 167 Å². The molecule has 4 heterocycles. The van der Waals surface area contributed by atoms with Gasteiger partial charge in [-0.05, 0) is 89.0 Å². The van der Waals surface area contributed by atoms with E-state index in [1.54, 1.807) is 0 Å². The summed E-state index contributed by atoms with van der Waals surface area (Å²) in [6, 6.07) is 76.9. The quantitative estimate of drug-likeness (QED) is 0.160. The first-order valence-electron chi connectivity index (χ1n) is 21.8. The van der Waals surface area contributed by atoms with Crippen LogP contribution in [0.25, 0.3) is 117 Å². The Bertz CT molecular complexity index is 3870. The Morgan fingerprint density at radius 2 is 0.800 bits per heavy atom. The van der Waals surface area contributed by atoms with Gasteiger partial charge in [-0.15, -0.1) is 0 Å². The fourth-order valence-electron chi connectivity index (χ4n) is 9.57. The topological polar surface area (TPSA) is 66.3 Å². The minimum Gasteiger partial charge on any atom is -0.309 e. The molecule has 0 fully saturated rings. The highest BCUT2D eigenvalue weighted by Gasteiger charge is 2.21. The Morgan fingerprint density at radius 1 is 0.292 bits per heavy atom. The van der Waals surface area contributed by atoms with Crippen molar-refractivity contribution in [2.75, 3.05) is 0 Å². The summed E-state index contributed by atoms with van der Waals surface area (Å²) in [6.07, 6.45) is 1.96. The van der Waals surface area contributed by atoms with Crippen molar-refractivity contribution >= 4 is 54.5 Å². The Kier molecular flexibility index (Phi) is 8.39. The van der Waals surface area contributed by atoms with Gasteiger partial charge in [-0.1, -0.05) is 152 Å². The first kappa shape index (κ1) is 36.7. The summed E-state index contributed by atoms with van der Waals surface area (Å²) < 4.78 is 6.61. The van der Waals surface area contributed by atoms with Gasteiger partial charge in [0.1, 0.15) is 0 Å². The van der Waals surface area contributed by atoms with Crippen molar-refractivity contribution in [3.05, 3.63) is 225 Å². The molecule has 0 bridgehead atoms. The lowest BCUT2D eigenvalue weighted by atomic mass is 10.0. The molecule has 13 rings (SSSR count). The second-order valence-corrected chi connectivity index (χ2v) is 16.4. The van der Waals surface area contributed by atoms with Gasteiger partial charge in [-0.3, -0.25) is 0 Å². The maximum atomic E-state index is 5.05. The van der Waals surface area contributed by atoms with Gasteiger partial charge in [0.2, 0.25) is 0 Å². The van der Waals surface area contributed by atoms with E-state index in [9.17, 15) is 0 Å². The summed E-state index contributed by atoms with van der Waals surface area (Å²) in [5, 5.41) is 10.8. The lowest BCUT2D eigenvalue weighted by molar-refractivity contribution is 0.823. The third-order valence-electron chi connectivity index (χ3n) is 12.6. The molecule has 13 aromatic rings. The van der Waals surface area contributed by atoms with Crippen molar-refractivity contribution in [1.82, 2.24) is 33.9 Å². The fourth-order valence-corrected chi connectivity index (χ4v) is 9.57. The van der Waals surface area contributed by atoms with Crippen molar-refractivity contribution in [1.29, 1.82) is 0 Å². The lowest BCUT2D eigenvalue weighted by Gasteiger charge is -2.12. The number of nitrogens with zero attached hydrogens (tertiary/aromatic N) is 7. The second-order valence-electron chi connectivity index (χ2n) is 16.4. The Hall–Kier alpha value is -8.94. The Morgan fingerprint density at radius 3 is 1.48 bits per heavy atom. The zero-order valence-corrected chi connectivity index (χ0v) is 35.0. The molecule has 9 aromatic carbocycles. The van der Waals surface area contributed by atoms with Gasteiger partial charge < -0.3 is 9.13 Å². The molecule has 0 atom stereocenters. The van der Waals surface area contributed by atoms with Crippen LogP contribution in [0.15, 0.2) is 225 Å². The summed E-state index contributed by atoms with van der Waals surface area (Å²) in [5.74, 6) is 1.62. The number of fused-ring (bicyclic) bond motifs is 8. The molecule has 0 amide bonds. The summed E-state index contributed by atoms with van der Waals surface area (Å²) in [4.78, 5) is 15.0.